The number of sulfonamides is 1. The molecule has 0 bridgehead atoms. The van der Waals surface area contributed by atoms with Crippen LogP contribution in [0.4, 0.5) is 5.69 Å². The summed E-state index contributed by atoms with van der Waals surface area (Å²) in [6, 6.07) is 5.00. The Bertz CT molecular complexity index is 647. The Morgan fingerprint density at radius 2 is 1.96 bits per heavy atom. The van der Waals surface area contributed by atoms with E-state index >= 15 is 0 Å². The van der Waals surface area contributed by atoms with E-state index in [-0.39, 0.29) is 23.2 Å². The molecule has 1 aromatic carbocycles. The molecule has 1 heterocycles. The number of β-amino-alcohol motifs (C(OH)–C–C–N with tert-alkyl or cyclic N) is 1. The normalized spacial score (nSPS) is 20.5. The van der Waals surface area contributed by atoms with Gasteiger partial charge in [0.2, 0.25) is 10.0 Å². The van der Waals surface area contributed by atoms with E-state index in [9.17, 15) is 18.5 Å². The Hall–Kier alpha value is -1.55. The first kappa shape index (κ1) is 17.8. The highest BCUT2D eigenvalue weighted by Gasteiger charge is 2.33. The third-order valence-electron chi connectivity index (χ3n) is 4.11. The summed E-state index contributed by atoms with van der Waals surface area (Å²) >= 11 is 0. The molecular weight excluding hydrogens is 322 g/mol. The largest absolute Gasteiger partial charge is 0.395 e. The fourth-order valence-corrected chi connectivity index (χ4v) is 4.25. The van der Waals surface area contributed by atoms with E-state index in [1.807, 2.05) is 6.92 Å². The van der Waals surface area contributed by atoms with Crippen molar-refractivity contribution >= 4 is 15.7 Å². The molecular formula is C14H21N3O5S. The Labute approximate surface area is 135 Å². The molecule has 1 unspecified atom stereocenters. The standard InChI is InChI=1S/C14H21N3O5S/c1-2-12-11-16(8-7-15(12)9-10-18)23(21,22)14-5-3-13(4-6-14)17(19)20/h3-6,12,18H,2,7-11H2,1H3. The Morgan fingerprint density at radius 1 is 1.30 bits per heavy atom. The van der Waals surface area contributed by atoms with Crippen LogP contribution < -0.4 is 0 Å². The van der Waals surface area contributed by atoms with Gasteiger partial charge in [0.15, 0.2) is 0 Å². The third-order valence-corrected chi connectivity index (χ3v) is 5.99. The van der Waals surface area contributed by atoms with E-state index in [1.54, 1.807) is 0 Å². The van der Waals surface area contributed by atoms with Gasteiger partial charge in [-0.1, -0.05) is 6.92 Å². The van der Waals surface area contributed by atoms with Crippen molar-refractivity contribution in [3.8, 4) is 0 Å². The number of hydrogen-bond acceptors (Lipinski definition) is 6. The van der Waals surface area contributed by atoms with Gasteiger partial charge in [0, 0.05) is 44.4 Å². The zero-order chi connectivity index (χ0) is 17.0. The number of nitrogens with zero attached hydrogens (tertiary/aromatic N) is 3. The minimum absolute atomic E-state index is 0.0472. The second-order valence-corrected chi connectivity index (χ2v) is 7.37. The fourth-order valence-electron chi connectivity index (χ4n) is 2.78. The quantitative estimate of drug-likeness (QED) is 0.601. The number of benzene rings is 1. The van der Waals surface area contributed by atoms with Gasteiger partial charge in [-0.2, -0.15) is 4.31 Å². The molecule has 128 valence electrons. The highest BCUT2D eigenvalue weighted by molar-refractivity contribution is 7.89. The summed E-state index contributed by atoms with van der Waals surface area (Å²) in [6.07, 6.45) is 0.784. The van der Waals surface area contributed by atoms with Gasteiger partial charge < -0.3 is 5.11 Å². The van der Waals surface area contributed by atoms with Crippen molar-refractivity contribution in [2.24, 2.45) is 0 Å². The lowest BCUT2D eigenvalue weighted by atomic mass is 10.1. The maximum Gasteiger partial charge on any atom is 0.269 e. The van der Waals surface area contributed by atoms with Crippen LogP contribution in [-0.2, 0) is 10.0 Å². The van der Waals surface area contributed by atoms with Crippen LogP contribution in [0.25, 0.3) is 0 Å². The lowest BCUT2D eigenvalue weighted by Gasteiger charge is -2.40. The molecule has 1 aliphatic heterocycles. The van der Waals surface area contributed by atoms with Crippen LogP contribution in [0.15, 0.2) is 29.2 Å². The smallest absolute Gasteiger partial charge is 0.269 e. The lowest BCUT2D eigenvalue weighted by molar-refractivity contribution is -0.384. The Kier molecular flexibility index (Phi) is 5.69. The van der Waals surface area contributed by atoms with Crippen LogP contribution in [0.3, 0.4) is 0 Å². The topological polar surface area (TPSA) is 104 Å². The van der Waals surface area contributed by atoms with Crippen molar-refractivity contribution in [2.75, 3.05) is 32.8 Å². The molecule has 1 saturated heterocycles. The Balaban J connectivity index is 2.18. The number of piperazine rings is 1. The van der Waals surface area contributed by atoms with Gasteiger partial charge in [-0.3, -0.25) is 15.0 Å². The fraction of sp³-hybridized carbons (Fsp3) is 0.571. The van der Waals surface area contributed by atoms with Gasteiger partial charge in [-0.25, -0.2) is 8.42 Å². The molecule has 0 spiro atoms. The Morgan fingerprint density at radius 3 is 2.48 bits per heavy atom. The van der Waals surface area contributed by atoms with E-state index in [1.165, 1.54) is 28.6 Å². The molecule has 9 heteroatoms. The van der Waals surface area contributed by atoms with Crippen LogP contribution in [-0.4, -0.2) is 66.5 Å². The van der Waals surface area contributed by atoms with Gasteiger partial charge in [0.25, 0.3) is 5.69 Å². The molecule has 8 nitrogen and oxygen atoms in total. The van der Waals surface area contributed by atoms with Gasteiger partial charge in [0.1, 0.15) is 0 Å². The van der Waals surface area contributed by atoms with Crippen molar-refractivity contribution < 1.29 is 18.4 Å². The third kappa shape index (κ3) is 3.86. The molecule has 0 radical (unpaired) electrons. The molecule has 1 N–H and O–H groups in total. The van der Waals surface area contributed by atoms with Crippen molar-refractivity contribution in [2.45, 2.75) is 24.3 Å². The first-order valence-corrected chi connectivity index (χ1v) is 8.93. The average Bonchev–Trinajstić information content (AvgIpc) is 2.55. The van der Waals surface area contributed by atoms with Crippen LogP contribution >= 0.6 is 0 Å². The summed E-state index contributed by atoms with van der Waals surface area (Å²) in [6.45, 7) is 3.82. The predicted octanol–water partition coefficient (Wildman–Crippen LogP) is 0.672. The number of non-ortho nitro benzene ring substituents is 1. The maximum atomic E-state index is 12.7. The van der Waals surface area contributed by atoms with Gasteiger partial charge in [-0.15, -0.1) is 0 Å². The van der Waals surface area contributed by atoms with E-state index in [0.29, 0.717) is 26.2 Å². The number of hydrogen-bond donors (Lipinski definition) is 1. The molecule has 2 rings (SSSR count). The van der Waals surface area contributed by atoms with E-state index < -0.39 is 14.9 Å². The van der Waals surface area contributed by atoms with Crippen molar-refractivity contribution in [3.63, 3.8) is 0 Å². The van der Waals surface area contributed by atoms with Crippen molar-refractivity contribution in [1.29, 1.82) is 0 Å². The molecule has 0 saturated carbocycles. The van der Waals surface area contributed by atoms with Crippen LogP contribution in [0, 0.1) is 10.1 Å². The molecule has 1 aliphatic rings. The number of aliphatic hydroxyl groups is 1. The molecule has 1 aromatic rings. The first-order chi connectivity index (χ1) is 10.9. The van der Waals surface area contributed by atoms with Crippen molar-refractivity contribution in [1.82, 2.24) is 9.21 Å². The second kappa shape index (κ2) is 7.35. The SMILES string of the molecule is CCC1CN(S(=O)(=O)c2ccc([N+](=O)[O-])cc2)CCN1CCO. The van der Waals surface area contributed by atoms with E-state index in [0.717, 1.165) is 6.42 Å². The van der Waals surface area contributed by atoms with Crippen LogP contribution in [0.2, 0.25) is 0 Å². The lowest BCUT2D eigenvalue weighted by Crippen LogP contribution is -2.54. The van der Waals surface area contributed by atoms with E-state index in [4.69, 9.17) is 5.11 Å². The first-order valence-electron chi connectivity index (χ1n) is 7.49. The van der Waals surface area contributed by atoms with Gasteiger partial charge in [0.05, 0.1) is 16.4 Å². The summed E-state index contributed by atoms with van der Waals surface area (Å²) < 4.78 is 26.8. The number of nitro groups is 1. The number of aliphatic hydroxyl groups excluding tert-OH is 1. The van der Waals surface area contributed by atoms with Gasteiger partial charge >= 0.3 is 0 Å². The molecule has 0 aromatic heterocycles. The highest BCUT2D eigenvalue weighted by atomic mass is 32.2. The summed E-state index contributed by atoms with van der Waals surface area (Å²) in [5.74, 6) is 0. The number of nitro benzene ring substituents is 1. The highest BCUT2D eigenvalue weighted by Crippen LogP contribution is 2.23. The molecule has 1 fully saturated rings. The molecule has 1 atom stereocenters. The average molecular weight is 343 g/mol. The minimum Gasteiger partial charge on any atom is -0.395 e. The van der Waals surface area contributed by atoms with E-state index in [2.05, 4.69) is 4.90 Å². The summed E-state index contributed by atoms with van der Waals surface area (Å²) in [5.41, 5.74) is -0.136. The molecule has 0 amide bonds. The van der Waals surface area contributed by atoms with Gasteiger partial charge in [-0.05, 0) is 18.6 Å². The molecule has 23 heavy (non-hydrogen) atoms. The predicted molar refractivity (Wildman–Crippen MR) is 84.6 cm³/mol. The van der Waals surface area contributed by atoms with Crippen LogP contribution in [0.5, 0.6) is 0 Å². The summed E-state index contributed by atoms with van der Waals surface area (Å²) in [4.78, 5) is 12.3. The number of rotatable bonds is 6. The zero-order valence-corrected chi connectivity index (χ0v) is 13.8. The second-order valence-electron chi connectivity index (χ2n) is 5.44. The van der Waals surface area contributed by atoms with Crippen molar-refractivity contribution in [3.05, 3.63) is 34.4 Å². The zero-order valence-electron chi connectivity index (χ0n) is 13.0. The minimum atomic E-state index is -3.66. The summed E-state index contributed by atoms with van der Waals surface area (Å²) in [7, 11) is -3.66. The maximum absolute atomic E-state index is 12.7. The monoisotopic (exact) mass is 343 g/mol. The summed E-state index contributed by atoms with van der Waals surface area (Å²) in [5, 5.41) is 19.7. The van der Waals surface area contributed by atoms with Crippen LogP contribution in [0.1, 0.15) is 13.3 Å². The molecule has 0 aliphatic carbocycles.